The number of rotatable bonds is 3. The number of nitrogens with one attached hydrogen (secondary N) is 1. The molecule has 0 saturated carbocycles. The maximum Gasteiger partial charge on any atom is 0.258 e. The van der Waals surface area contributed by atoms with E-state index < -0.39 is 18.0 Å². The van der Waals surface area contributed by atoms with Gasteiger partial charge in [0, 0.05) is 31.7 Å². The number of oxazole rings is 1. The number of amides is 1. The van der Waals surface area contributed by atoms with Crippen LogP contribution in [-0.4, -0.2) is 61.2 Å². The second-order valence-corrected chi connectivity index (χ2v) is 9.49. The third-order valence-corrected chi connectivity index (χ3v) is 7.33. The van der Waals surface area contributed by atoms with Crippen molar-refractivity contribution in [3.05, 3.63) is 77.7 Å². The van der Waals surface area contributed by atoms with E-state index in [1.54, 1.807) is 34.1 Å². The molecule has 0 aliphatic carbocycles. The number of para-hydroxylation sites is 1. The van der Waals surface area contributed by atoms with Crippen molar-refractivity contribution >= 4 is 28.2 Å². The van der Waals surface area contributed by atoms with Crippen molar-refractivity contribution in [3.8, 4) is 0 Å². The topological polar surface area (TPSA) is 95.6 Å². The summed E-state index contributed by atoms with van der Waals surface area (Å²) >= 11 is 0. The standard InChI is InChI=1S/C26H23F2N7O2/c27-15-6-9-33(10-7-15)16-4-5-20-17(12-31-35(20)13-16)26(36)34-11-8-19-23(30-14-29-19)24(34)25-32-22-18(28)2-1-3-21(22)37-25/h1-5,12-15,24H,6-11H2,(H,29,30)/t24-/m0/s1. The lowest BCUT2D eigenvalue weighted by molar-refractivity contribution is 0.0669. The first-order valence-corrected chi connectivity index (χ1v) is 12.3. The summed E-state index contributed by atoms with van der Waals surface area (Å²) < 4.78 is 35.6. The third kappa shape index (κ3) is 3.56. The van der Waals surface area contributed by atoms with E-state index in [-0.39, 0.29) is 17.3 Å². The molecule has 0 bridgehead atoms. The number of H-pyrrole nitrogens is 1. The highest BCUT2D eigenvalue weighted by molar-refractivity contribution is 6.01. The molecule has 7 rings (SSSR count). The molecule has 6 heterocycles. The molecule has 0 spiro atoms. The van der Waals surface area contributed by atoms with Crippen LogP contribution in [0.3, 0.4) is 0 Å². The number of benzene rings is 1. The number of nitrogens with zero attached hydrogens (tertiary/aromatic N) is 6. The Morgan fingerprint density at radius 1 is 1.14 bits per heavy atom. The lowest BCUT2D eigenvalue weighted by Crippen LogP contribution is -2.41. The molecule has 1 amide bonds. The number of piperidine rings is 1. The van der Waals surface area contributed by atoms with Crippen LogP contribution in [0.2, 0.25) is 0 Å². The Balaban J connectivity index is 1.26. The Morgan fingerprint density at radius 2 is 2.00 bits per heavy atom. The number of alkyl halides is 1. The number of carbonyl (C=O) groups is 1. The van der Waals surface area contributed by atoms with Crippen molar-refractivity contribution < 1.29 is 18.0 Å². The number of halogens is 2. The highest BCUT2D eigenvalue weighted by Crippen LogP contribution is 2.36. The molecule has 2 aliphatic rings. The summed E-state index contributed by atoms with van der Waals surface area (Å²) in [5.74, 6) is -0.531. The van der Waals surface area contributed by atoms with Gasteiger partial charge in [0.1, 0.15) is 11.7 Å². The quantitative estimate of drug-likeness (QED) is 0.399. The molecule has 188 valence electrons. The van der Waals surface area contributed by atoms with Crippen molar-refractivity contribution in [2.45, 2.75) is 31.5 Å². The van der Waals surface area contributed by atoms with Gasteiger partial charge in [0.25, 0.3) is 5.91 Å². The summed E-state index contributed by atoms with van der Waals surface area (Å²) in [4.78, 5) is 29.7. The van der Waals surface area contributed by atoms with Gasteiger partial charge in [-0.15, -0.1) is 0 Å². The van der Waals surface area contributed by atoms with Crippen LogP contribution in [0, 0.1) is 5.82 Å². The van der Waals surface area contributed by atoms with E-state index in [4.69, 9.17) is 4.42 Å². The minimum absolute atomic E-state index is 0.118. The molecule has 1 atom stereocenters. The molecule has 1 aromatic carbocycles. The van der Waals surface area contributed by atoms with E-state index in [9.17, 15) is 13.6 Å². The van der Waals surface area contributed by atoms with Gasteiger partial charge in [0.15, 0.2) is 17.4 Å². The smallest absolute Gasteiger partial charge is 0.258 e. The predicted molar refractivity (Wildman–Crippen MR) is 131 cm³/mol. The van der Waals surface area contributed by atoms with E-state index in [0.717, 1.165) is 11.4 Å². The SMILES string of the molecule is O=C(c1cnn2cc(N3CCC(F)CC3)ccc12)N1CCc2[nH]cnc2[C@H]1c1nc2c(F)cccc2o1. The van der Waals surface area contributed by atoms with Crippen molar-refractivity contribution in [2.24, 2.45) is 0 Å². The number of anilines is 1. The highest BCUT2D eigenvalue weighted by atomic mass is 19.1. The second-order valence-electron chi connectivity index (χ2n) is 9.49. The van der Waals surface area contributed by atoms with Crippen molar-refractivity contribution in [2.75, 3.05) is 24.5 Å². The number of imidazole rings is 1. The molecule has 11 heteroatoms. The average molecular weight is 504 g/mol. The Morgan fingerprint density at radius 3 is 2.84 bits per heavy atom. The molecule has 0 unspecified atom stereocenters. The maximum atomic E-state index is 14.4. The van der Waals surface area contributed by atoms with Gasteiger partial charge in [-0.1, -0.05) is 6.07 Å². The zero-order chi connectivity index (χ0) is 25.1. The first kappa shape index (κ1) is 22.0. The van der Waals surface area contributed by atoms with Crippen LogP contribution in [0.5, 0.6) is 0 Å². The van der Waals surface area contributed by atoms with E-state index in [1.165, 1.54) is 6.07 Å². The molecule has 37 heavy (non-hydrogen) atoms. The molecule has 9 nitrogen and oxygen atoms in total. The summed E-state index contributed by atoms with van der Waals surface area (Å²) in [7, 11) is 0. The highest BCUT2D eigenvalue weighted by Gasteiger charge is 2.39. The second kappa shape index (κ2) is 8.39. The number of aromatic amines is 1. The maximum absolute atomic E-state index is 14.4. The van der Waals surface area contributed by atoms with Gasteiger partial charge >= 0.3 is 0 Å². The molecule has 4 aromatic heterocycles. The number of aromatic nitrogens is 5. The minimum Gasteiger partial charge on any atom is -0.438 e. The Bertz CT molecular complexity index is 1630. The largest absolute Gasteiger partial charge is 0.438 e. The summed E-state index contributed by atoms with van der Waals surface area (Å²) in [6.07, 6.45) is 5.85. The van der Waals surface area contributed by atoms with Crippen LogP contribution in [0.25, 0.3) is 16.6 Å². The van der Waals surface area contributed by atoms with E-state index in [2.05, 4.69) is 25.0 Å². The molecule has 5 aromatic rings. The first-order chi connectivity index (χ1) is 18.1. The molecule has 0 radical (unpaired) electrons. The number of fused-ring (bicyclic) bond motifs is 3. The lowest BCUT2D eigenvalue weighted by Gasteiger charge is -2.32. The van der Waals surface area contributed by atoms with Crippen molar-refractivity contribution in [3.63, 3.8) is 0 Å². The number of hydrogen-bond acceptors (Lipinski definition) is 6. The summed E-state index contributed by atoms with van der Waals surface area (Å²) in [6, 6.07) is 7.62. The molecule has 1 saturated heterocycles. The molecule has 2 aliphatic heterocycles. The van der Waals surface area contributed by atoms with E-state index >= 15 is 0 Å². The Kier molecular flexibility index (Phi) is 4.98. The third-order valence-electron chi connectivity index (χ3n) is 7.33. The molecular formula is C26H23F2N7O2. The van der Waals surface area contributed by atoms with Gasteiger partial charge in [0.2, 0.25) is 5.89 Å². The summed E-state index contributed by atoms with van der Waals surface area (Å²) in [5, 5.41) is 4.44. The van der Waals surface area contributed by atoms with Crippen LogP contribution in [0.1, 0.15) is 46.5 Å². The molecule has 1 N–H and O–H groups in total. The van der Waals surface area contributed by atoms with Gasteiger partial charge in [-0.05, 0) is 37.1 Å². The van der Waals surface area contributed by atoms with Crippen molar-refractivity contribution in [1.29, 1.82) is 0 Å². The van der Waals surface area contributed by atoms with Gasteiger partial charge in [-0.25, -0.2) is 23.3 Å². The summed E-state index contributed by atoms with van der Waals surface area (Å²) in [5.41, 5.74) is 3.97. The predicted octanol–water partition coefficient (Wildman–Crippen LogP) is 4.06. The zero-order valence-corrected chi connectivity index (χ0v) is 19.8. The minimum atomic E-state index is -0.751. The first-order valence-electron chi connectivity index (χ1n) is 12.3. The van der Waals surface area contributed by atoms with Gasteiger partial charge in [-0.2, -0.15) is 5.10 Å². The van der Waals surface area contributed by atoms with Gasteiger partial charge < -0.3 is 19.2 Å². The van der Waals surface area contributed by atoms with E-state index in [0.29, 0.717) is 61.3 Å². The van der Waals surface area contributed by atoms with E-state index in [1.807, 2.05) is 18.3 Å². The van der Waals surface area contributed by atoms with Crippen LogP contribution < -0.4 is 4.90 Å². The molecular weight excluding hydrogens is 480 g/mol. The fraction of sp³-hybridized carbons (Fsp3) is 0.308. The van der Waals surface area contributed by atoms with Crippen LogP contribution in [-0.2, 0) is 6.42 Å². The number of hydrogen-bond donors (Lipinski definition) is 1. The molecule has 1 fully saturated rings. The van der Waals surface area contributed by atoms with Crippen LogP contribution in [0.4, 0.5) is 14.5 Å². The fourth-order valence-electron chi connectivity index (χ4n) is 5.38. The van der Waals surface area contributed by atoms with Crippen LogP contribution in [0.15, 0.2) is 53.5 Å². The number of pyridine rings is 1. The van der Waals surface area contributed by atoms with Crippen molar-refractivity contribution in [1.82, 2.24) is 29.5 Å². The Labute approximate surface area is 209 Å². The van der Waals surface area contributed by atoms with Gasteiger partial charge in [0.05, 0.1) is 41.2 Å². The zero-order valence-electron chi connectivity index (χ0n) is 19.8. The monoisotopic (exact) mass is 503 g/mol. The number of carbonyl (C=O) groups excluding carboxylic acids is 1. The normalized spacial score (nSPS) is 18.6. The lowest BCUT2D eigenvalue weighted by atomic mass is 10.0. The fourth-order valence-corrected chi connectivity index (χ4v) is 5.38. The average Bonchev–Trinajstić information content (AvgIpc) is 3.66. The summed E-state index contributed by atoms with van der Waals surface area (Å²) in [6.45, 7) is 1.69. The Hall–Kier alpha value is -4.28. The van der Waals surface area contributed by atoms with Crippen LogP contribution >= 0.6 is 0 Å². The van der Waals surface area contributed by atoms with Gasteiger partial charge in [-0.3, -0.25) is 4.79 Å².